The minimum Gasteiger partial charge on any atom is -0.363 e. The molecule has 174 valence electrons. The van der Waals surface area contributed by atoms with Gasteiger partial charge in [-0.3, -0.25) is 4.79 Å². The molecule has 0 radical (unpaired) electrons. The van der Waals surface area contributed by atoms with E-state index in [9.17, 15) is 9.18 Å². The largest absolute Gasteiger partial charge is 0.363 e. The Labute approximate surface area is 195 Å². The first-order valence-electron chi connectivity index (χ1n) is 11.7. The number of nitrogens with zero attached hydrogens (tertiary/aromatic N) is 2. The molecule has 0 bridgehead atoms. The maximum atomic E-state index is 13.7. The molecule has 1 aliphatic heterocycles. The number of halogens is 1. The zero-order valence-electron chi connectivity index (χ0n) is 20.1. The number of fused-ring (bicyclic) bond motifs is 1. The number of aryl methyl sites for hydroxylation is 1. The first kappa shape index (κ1) is 23.0. The maximum absolute atomic E-state index is 13.7. The van der Waals surface area contributed by atoms with Crippen LogP contribution >= 0.6 is 0 Å². The summed E-state index contributed by atoms with van der Waals surface area (Å²) < 4.78 is 15.5. The lowest BCUT2D eigenvalue weighted by Gasteiger charge is -2.38. The van der Waals surface area contributed by atoms with Crippen LogP contribution in [0.15, 0.2) is 54.6 Å². The van der Waals surface area contributed by atoms with E-state index in [1.165, 1.54) is 17.7 Å². The second kappa shape index (κ2) is 8.65. The first-order chi connectivity index (χ1) is 15.7. The third kappa shape index (κ3) is 4.14. The molecule has 1 atom stereocenters. The lowest BCUT2D eigenvalue weighted by molar-refractivity contribution is 0.0889. The van der Waals surface area contributed by atoms with E-state index in [1.807, 2.05) is 43.7 Å². The lowest BCUT2D eigenvalue weighted by Crippen LogP contribution is -2.45. The van der Waals surface area contributed by atoms with Crippen LogP contribution in [0.3, 0.4) is 0 Å². The van der Waals surface area contributed by atoms with Gasteiger partial charge in [-0.15, -0.1) is 0 Å². The fourth-order valence-electron chi connectivity index (χ4n) is 5.01. The number of carbonyl (C=O) groups excluding carboxylic acids is 1. The molecule has 2 N–H and O–H groups in total. The van der Waals surface area contributed by atoms with E-state index in [2.05, 4.69) is 36.6 Å². The van der Waals surface area contributed by atoms with Crippen molar-refractivity contribution in [3.05, 3.63) is 82.8 Å². The minimum absolute atomic E-state index is 0.0792. The molecule has 33 heavy (non-hydrogen) atoms. The molecule has 0 aliphatic carbocycles. The third-order valence-corrected chi connectivity index (χ3v) is 7.03. The van der Waals surface area contributed by atoms with Gasteiger partial charge >= 0.3 is 0 Å². The maximum Gasteiger partial charge on any atom is 0.257 e. The van der Waals surface area contributed by atoms with Gasteiger partial charge in [0, 0.05) is 0 Å². The van der Waals surface area contributed by atoms with Crippen LogP contribution in [0.1, 0.15) is 80.2 Å². The average molecular weight is 449 g/mol. The van der Waals surface area contributed by atoms with E-state index in [0.717, 1.165) is 17.8 Å². The molecule has 0 fully saturated rings. The van der Waals surface area contributed by atoms with Crippen LogP contribution in [0.5, 0.6) is 0 Å². The second-order valence-electron chi connectivity index (χ2n) is 9.60. The molecule has 1 unspecified atom stereocenters. The quantitative estimate of drug-likeness (QED) is 0.481. The van der Waals surface area contributed by atoms with E-state index >= 15 is 0 Å². The number of hydrogen-bond donors (Lipinski definition) is 2. The summed E-state index contributed by atoms with van der Waals surface area (Å²) in [5.41, 5.74) is 2.50. The molecule has 0 saturated carbocycles. The smallest absolute Gasteiger partial charge is 0.257 e. The van der Waals surface area contributed by atoms with Crippen LogP contribution in [0, 0.1) is 12.7 Å². The van der Waals surface area contributed by atoms with Gasteiger partial charge in [0.25, 0.3) is 5.91 Å². The molecule has 5 nitrogen and oxygen atoms in total. The zero-order valence-corrected chi connectivity index (χ0v) is 20.1. The highest BCUT2D eigenvalue weighted by Crippen LogP contribution is 2.41. The van der Waals surface area contributed by atoms with E-state index in [-0.39, 0.29) is 23.3 Å². The molecule has 1 aliphatic rings. The van der Waals surface area contributed by atoms with E-state index in [4.69, 9.17) is 5.10 Å². The number of rotatable bonds is 6. The summed E-state index contributed by atoms with van der Waals surface area (Å²) in [6, 6.07) is 16.8. The first-order valence-corrected chi connectivity index (χ1v) is 11.7. The molecule has 1 amide bonds. The van der Waals surface area contributed by atoms with Crippen molar-refractivity contribution in [2.45, 2.75) is 71.0 Å². The van der Waals surface area contributed by atoms with E-state index in [0.29, 0.717) is 24.1 Å². The average Bonchev–Trinajstić information content (AvgIpc) is 3.15. The molecule has 6 heteroatoms. The normalized spacial score (nSPS) is 17.2. The predicted octanol–water partition coefficient (Wildman–Crippen LogP) is 6.07. The molecule has 0 saturated heterocycles. The van der Waals surface area contributed by atoms with Crippen LogP contribution in [0.2, 0.25) is 0 Å². The molecule has 4 rings (SSSR count). The van der Waals surface area contributed by atoms with Crippen molar-refractivity contribution in [1.82, 2.24) is 15.1 Å². The third-order valence-electron chi connectivity index (χ3n) is 7.03. The van der Waals surface area contributed by atoms with E-state index in [1.54, 1.807) is 12.1 Å². The van der Waals surface area contributed by atoms with Crippen molar-refractivity contribution < 1.29 is 9.18 Å². The van der Waals surface area contributed by atoms with Crippen LogP contribution in [0.4, 0.5) is 10.2 Å². The summed E-state index contributed by atoms with van der Waals surface area (Å²) >= 11 is 0. The minimum atomic E-state index is -0.588. The summed E-state index contributed by atoms with van der Waals surface area (Å²) in [4.78, 5) is 13.7. The summed E-state index contributed by atoms with van der Waals surface area (Å²) in [5, 5.41) is 11.6. The van der Waals surface area contributed by atoms with Gasteiger partial charge in [-0.05, 0) is 63.3 Å². The number of aromatic nitrogens is 2. The van der Waals surface area contributed by atoms with Gasteiger partial charge in [0.05, 0.1) is 22.8 Å². The molecule has 2 heterocycles. The Morgan fingerprint density at radius 1 is 1.15 bits per heavy atom. The second-order valence-corrected chi connectivity index (χ2v) is 9.60. The number of hydrogen-bond acceptors (Lipinski definition) is 3. The Morgan fingerprint density at radius 2 is 1.79 bits per heavy atom. The molecule has 2 aromatic carbocycles. The Kier molecular flexibility index (Phi) is 6.04. The standard InChI is InChI=1S/C27H33FN4O/c1-6-27(7-2,20-13-15-21(28)16-14-20)30-25(33)23-18(3)31-32-24(23)29-22(17-26(32,4)5)19-11-9-8-10-12-19/h8-16,22,29H,6-7,17H2,1-5H3,(H,30,33). The predicted molar refractivity (Wildman–Crippen MR) is 130 cm³/mol. The number of nitrogens with one attached hydrogen (secondary N) is 2. The number of amides is 1. The Balaban J connectivity index is 1.72. The fraction of sp³-hybridized carbons (Fsp3) is 0.407. The van der Waals surface area contributed by atoms with Gasteiger partial charge in [0.15, 0.2) is 0 Å². The van der Waals surface area contributed by atoms with Gasteiger partial charge in [-0.25, -0.2) is 9.07 Å². The highest BCUT2D eigenvalue weighted by Gasteiger charge is 2.39. The van der Waals surface area contributed by atoms with E-state index < -0.39 is 5.54 Å². The number of anilines is 1. The SMILES string of the molecule is CCC(CC)(NC(=O)c1c(C)nn2c1NC(c1ccccc1)CC2(C)C)c1ccc(F)cc1. The van der Waals surface area contributed by atoms with Crippen molar-refractivity contribution in [3.8, 4) is 0 Å². The topological polar surface area (TPSA) is 59.0 Å². The Morgan fingerprint density at radius 3 is 2.39 bits per heavy atom. The van der Waals surface area contributed by atoms with Crippen molar-refractivity contribution >= 4 is 11.7 Å². The number of carbonyl (C=O) groups is 1. The van der Waals surface area contributed by atoms with Crippen molar-refractivity contribution in [1.29, 1.82) is 0 Å². The monoisotopic (exact) mass is 448 g/mol. The van der Waals surface area contributed by atoms with Gasteiger partial charge in [-0.2, -0.15) is 5.10 Å². The summed E-state index contributed by atoms with van der Waals surface area (Å²) in [7, 11) is 0. The Hall–Kier alpha value is -3.15. The van der Waals surface area contributed by atoms with Crippen molar-refractivity contribution in [2.24, 2.45) is 0 Å². The Bertz CT molecular complexity index is 1130. The fourth-order valence-corrected chi connectivity index (χ4v) is 5.01. The highest BCUT2D eigenvalue weighted by molar-refractivity contribution is 6.00. The summed E-state index contributed by atoms with van der Waals surface area (Å²) in [6.45, 7) is 10.3. The molecular weight excluding hydrogens is 415 g/mol. The van der Waals surface area contributed by atoms with Crippen LogP contribution in [0.25, 0.3) is 0 Å². The highest BCUT2D eigenvalue weighted by atomic mass is 19.1. The molecule has 0 spiro atoms. The molecule has 1 aromatic heterocycles. The summed E-state index contributed by atoms with van der Waals surface area (Å²) in [6.07, 6.45) is 2.24. The number of benzene rings is 2. The van der Waals surface area contributed by atoms with Gasteiger partial charge in [0.2, 0.25) is 0 Å². The van der Waals surface area contributed by atoms with Gasteiger partial charge in [-0.1, -0.05) is 56.3 Å². The van der Waals surface area contributed by atoms with Crippen LogP contribution in [-0.4, -0.2) is 15.7 Å². The molecular formula is C27H33FN4O. The van der Waals surface area contributed by atoms with Gasteiger partial charge < -0.3 is 10.6 Å². The van der Waals surface area contributed by atoms with Gasteiger partial charge in [0.1, 0.15) is 17.2 Å². The van der Waals surface area contributed by atoms with Crippen molar-refractivity contribution in [3.63, 3.8) is 0 Å². The lowest BCUT2D eigenvalue weighted by atomic mass is 9.84. The summed E-state index contributed by atoms with van der Waals surface area (Å²) in [5.74, 6) is 0.292. The van der Waals surface area contributed by atoms with Crippen molar-refractivity contribution in [2.75, 3.05) is 5.32 Å². The van der Waals surface area contributed by atoms with Crippen LogP contribution < -0.4 is 10.6 Å². The molecule has 3 aromatic rings. The van der Waals surface area contributed by atoms with Crippen LogP contribution in [-0.2, 0) is 11.1 Å². The zero-order chi connectivity index (χ0) is 23.8.